The van der Waals surface area contributed by atoms with E-state index in [9.17, 15) is 14.3 Å². The molecule has 5 heteroatoms. The Bertz CT molecular complexity index is 519. The number of nitrogens with zero attached hydrogens (tertiary/aromatic N) is 1. The van der Waals surface area contributed by atoms with E-state index in [4.69, 9.17) is 0 Å². The number of carbonyl (C=O) groups is 1. The second-order valence-corrected chi connectivity index (χ2v) is 6.13. The summed E-state index contributed by atoms with van der Waals surface area (Å²) in [5, 5.41) is 12.6. The van der Waals surface area contributed by atoms with Gasteiger partial charge < -0.3 is 10.4 Å². The average molecular weight is 308 g/mol. The molecular formula is C17H25FN2O2. The van der Waals surface area contributed by atoms with Crippen molar-refractivity contribution in [3.8, 4) is 0 Å². The van der Waals surface area contributed by atoms with Crippen molar-refractivity contribution in [2.24, 2.45) is 0 Å². The minimum Gasteiger partial charge on any atom is -0.392 e. The third-order valence-electron chi connectivity index (χ3n) is 4.29. The predicted molar refractivity (Wildman–Crippen MR) is 83.9 cm³/mol. The largest absolute Gasteiger partial charge is 0.392 e. The van der Waals surface area contributed by atoms with Crippen LogP contribution in [0.4, 0.5) is 4.39 Å². The summed E-state index contributed by atoms with van der Waals surface area (Å²) in [7, 11) is 0. The van der Waals surface area contributed by atoms with Crippen molar-refractivity contribution in [1.82, 2.24) is 10.2 Å². The molecular weight excluding hydrogens is 283 g/mol. The van der Waals surface area contributed by atoms with Gasteiger partial charge in [-0.05, 0) is 50.4 Å². The van der Waals surface area contributed by atoms with Crippen LogP contribution in [-0.4, -0.2) is 41.1 Å². The van der Waals surface area contributed by atoms with Crippen LogP contribution in [0.5, 0.6) is 0 Å². The Balaban J connectivity index is 1.85. The van der Waals surface area contributed by atoms with Crippen LogP contribution in [0.25, 0.3) is 0 Å². The lowest BCUT2D eigenvalue weighted by atomic mass is 9.98. The Hall–Kier alpha value is -1.46. The van der Waals surface area contributed by atoms with Crippen LogP contribution < -0.4 is 5.32 Å². The van der Waals surface area contributed by atoms with Crippen LogP contribution in [-0.2, 0) is 11.3 Å². The SMILES string of the molecule is Cc1ccc(CNC(=O)CN2CCCC[C@@H]2[C@@H](C)O)cc1F. The van der Waals surface area contributed by atoms with Gasteiger partial charge in [0.15, 0.2) is 0 Å². The second-order valence-electron chi connectivity index (χ2n) is 6.13. The fourth-order valence-corrected chi connectivity index (χ4v) is 2.95. The Morgan fingerprint density at radius 1 is 1.50 bits per heavy atom. The highest BCUT2D eigenvalue weighted by Gasteiger charge is 2.27. The molecule has 1 aliphatic heterocycles. The van der Waals surface area contributed by atoms with Gasteiger partial charge in [-0.15, -0.1) is 0 Å². The first-order valence-corrected chi connectivity index (χ1v) is 7.91. The number of benzene rings is 1. The molecule has 1 aromatic carbocycles. The summed E-state index contributed by atoms with van der Waals surface area (Å²) in [6.07, 6.45) is 2.64. The lowest BCUT2D eigenvalue weighted by Gasteiger charge is -2.36. The van der Waals surface area contributed by atoms with Crippen LogP contribution in [0.3, 0.4) is 0 Å². The molecule has 1 aromatic rings. The van der Waals surface area contributed by atoms with Crippen molar-refractivity contribution in [2.45, 2.75) is 51.8 Å². The van der Waals surface area contributed by atoms with Gasteiger partial charge in [0.2, 0.25) is 5.91 Å². The monoisotopic (exact) mass is 308 g/mol. The highest BCUT2D eigenvalue weighted by molar-refractivity contribution is 5.78. The van der Waals surface area contributed by atoms with Gasteiger partial charge in [-0.2, -0.15) is 0 Å². The van der Waals surface area contributed by atoms with Gasteiger partial charge in [-0.25, -0.2) is 4.39 Å². The number of halogens is 1. The summed E-state index contributed by atoms with van der Waals surface area (Å²) in [5.74, 6) is -0.342. The summed E-state index contributed by atoms with van der Waals surface area (Å²) < 4.78 is 13.5. The quantitative estimate of drug-likeness (QED) is 0.874. The number of carbonyl (C=O) groups excluding carboxylic acids is 1. The highest BCUT2D eigenvalue weighted by Crippen LogP contribution is 2.19. The normalized spacial score (nSPS) is 20.6. The molecule has 0 aliphatic carbocycles. The number of hydrogen-bond acceptors (Lipinski definition) is 3. The van der Waals surface area contributed by atoms with E-state index in [0.29, 0.717) is 12.1 Å². The average Bonchev–Trinajstić information content (AvgIpc) is 2.49. The van der Waals surface area contributed by atoms with E-state index >= 15 is 0 Å². The smallest absolute Gasteiger partial charge is 0.234 e. The molecule has 22 heavy (non-hydrogen) atoms. The zero-order valence-electron chi connectivity index (χ0n) is 13.3. The molecule has 0 bridgehead atoms. The number of amides is 1. The number of nitrogens with one attached hydrogen (secondary N) is 1. The molecule has 1 saturated heterocycles. The van der Waals surface area contributed by atoms with E-state index in [-0.39, 0.29) is 24.3 Å². The summed E-state index contributed by atoms with van der Waals surface area (Å²) in [6.45, 7) is 4.93. The number of hydrogen-bond donors (Lipinski definition) is 2. The molecule has 0 spiro atoms. The van der Waals surface area contributed by atoms with Crippen molar-refractivity contribution in [1.29, 1.82) is 0 Å². The molecule has 2 atom stereocenters. The number of rotatable bonds is 5. The zero-order chi connectivity index (χ0) is 16.1. The highest BCUT2D eigenvalue weighted by atomic mass is 19.1. The number of aliphatic hydroxyl groups excluding tert-OH is 1. The van der Waals surface area contributed by atoms with Gasteiger partial charge in [-0.3, -0.25) is 9.69 Å². The van der Waals surface area contributed by atoms with Gasteiger partial charge in [0.05, 0.1) is 12.6 Å². The van der Waals surface area contributed by atoms with E-state index in [1.165, 1.54) is 6.07 Å². The molecule has 0 aromatic heterocycles. The summed E-state index contributed by atoms with van der Waals surface area (Å²) in [5.41, 5.74) is 1.35. The van der Waals surface area contributed by atoms with E-state index in [1.54, 1.807) is 19.9 Å². The zero-order valence-corrected chi connectivity index (χ0v) is 13.3. The number of likely N-dealkylation sites (tertiary alicyclic amines) is 1. The lowest BCUT2D eigenvalue weighted by Crippen LogP contribution is -2.49. The first-order valence-electron chi connectivity index (χ1n) is 7.91. The standard InChI is InChI=1S/C17H25FN2O2/c1-12-6-7-14(9-15(12)18)10-19-17(22)11-20-8-4-3-5-16(20)13(2)21/h6-7,9,13,16,21H,3-5,8,10-11H2,1-2H3,(H,19,22)/t13-,16-/m1/s1. The number of piperidine rings is 1. The topological polar surface area (TPSA) is 52.6 Å². The molecule has 0 unspecified atom stereocenters. The maximum atomic E-state index is 13.5. The van der Waals surface area contributed by atoms with Crippen LogP contribution in [0.2, 0.25) is 0 Å². The molecule has 2 rings (SSSR count). The van der Waals surface area contributed by atoms with Crippen molar-refractivity contribution < 1.29 is 14.3 Å². The maximum absolute atomic E-state index is 13.5. The number of aliphatic hydroxyl groups is 1. The van der Waals surface area contributed by atoms with Gasteiger partial charge in [0.1, 0.15) is 5.82 Å². The molecule has 1 aliphatic rings. The van der Waals surface area contributed by atoms with Crippen LogP contribution in [0.1, 0.15) is 37.3 Å². The fraction of sp³-hybridized carbons (Fsp3) is 0.588. The molecule has 0 radical (unpaired) electrons. The van der Waals surface area contributed by atoms with Gasteiger partial charge in [-0.1, -0.05) is 18.6 Å². The Morgan fingerprint density at radius 2 is 2.27 bits per heavy atom. The second kappa shape index (κ2) is 7.70. The predicted octanol–water partition coefficient (Wildman–Crippen LogP) is 1.99. The fourth-order valence-electron chi connectivity index (χ4n) is 2.95. The van der Waals surface area contributed by atoms with Crippen LogP contribution in [0.15, 0.2) is 18.2 Å². The van der Waals surface area contributed by atoms with E-state index in [1.807, 2.05) is 11.0 Å². The third-order valence-corrected chi connectivity index (χ3v) is 4.29. The third kappa shape index (κ3) is 4.52. The molecule has 2 N–H and O–H groups in total. The Morgan fingerprint density at radius 3 is 2.95 bits per heavy atom. The van der Waals surface area contributed by atoms with Crippen LogP contribution >= 0.6 is 0 Å². The molecule has 4 nitrogen and oxygen atoms in total. The molecule has 122 valence electrons. The molecule has 1 fully saturated rings. The first-order chi connectivity index (χ1) is 10.5. The van der Waals surface area contributed by atoms with E-state index in [2.05, 4.69) is 5.32 Å². The van der Waals surface area contributed by atoms with Crippen molar-refractivity contribution >= 4 is 5.91 Å². The van der Waals surface area contributed by atoms with Gasteiger partial charge in [0, 0.05) is 12.6 Å². The maximum Gasteiger partial charge on any atom is 0.234 e. The summed E-state index contributed by atoms with van der Waals surface area (Å²) >= 11 is 0. The summed E-state index contributed by atoms with van der Waals surface area (Å²) in [4.78, 5) is 14.1. The van der Waals surface area contributed by atoms with Crippen LogP contribution in [0, 0.1) is 12.7 Å². The first kappa shape index (κ1) is 16.9. The van der Waals surface area contributed by atoms with E-state index in [0.717, 1.165) is 31.4 Å². The minimum atomic E-state index is -0.431. The molecule has 0 saturated carbocycles. The lowest BCUT2D eigenvalue weighted by molar-refractivity contribution is -0.124. The van der Waals surface area contributed by atoms with Gasteiger partial charge >= 0.3 is 0 Å². The number of aryl methyl sites for hydroxylation is 1. The summed E-state index contributed by atoms with van der Waals surface area (Å²) in [6, 6.07) is 5.04. The molecule has 1 heterocycles. The Kier molecular flexibility index (Phi) is 5.91. The molecule has 1 amide bonds. The van der Waals surface area contributed by atoms with Crippen molar-refractivity contribution in [3.05, 3.63) is 35.1 Å². The Labute approximate surface area is 131 Å². The van der Waals surface area contributed by atoms with Crippen molar-refractivity contribution in [2.75, 3.05) is 13.1 Å². The van der Waals surface area contributed by atoms with Crippen molar-refractivity contribution in [3.63, 3.8) is 0 Å². The van der Waals surface area contributed by atoms with Gasteiger partial charge in [0.25, 0.3) is 0 Å². The minimum absolute atomic E-state index is 0.0521. The van der Waals surface area contributed by atoms with E-state index < -0.39 is 6.10 Å².